The summed E-state index contributed by atoms with van der Waals surface area (Å²) in [5, 5.41) is 13.2. The fourth-order valence-electron chi connectivity index (χ4n) is 8.65. The maximum atomic E-state index is 2.51. The third-order valence-electron chi connectivity index (χ3n) is 10.7. The second-order valence-corrected chi connectivity index (χ2v) is 13.2. The molecule has 1 aliphatic carbocycles. The van der Waals surface area contributed by atoms with E-state index in [1.54, 1.807) is 0 Å². The maximum absolute atomic E-state index is 2.51. The first-order valence-corrected chi connectivity index (χ1v) is 16.8. The summed E-state index contributed by atoms with van der Waals surface area (Å²) in [6.07, 6.45) is 0. The molecular weight excluding hydrogens is 577 g/mol. The van der Waals surface area contributed by atoms with Gasteiger partial charge in [0.15, 0.2) is 0 Å². The lowest BCUT2D eigenvalue weighted by molar-refractivity contribution is 1.63. The van der Waals surface area contributed by atoms with Crippen molar-refractivity contribution in [1.29, 1.82) is 0 Å². The van der Waals surface area contributed by atoms with Gasteiger partial charge >= 0.3 is 0 Å². The SMILES string of the molecule is c1ccc(-c2ccc3c(-c4ccccc4)c4cc5c(cc4c(-c4ccccc4)c3c2)-c2cc3cccc4ccc6ccc-5c2c6c43)cc1. The molecule has 0 nitrogen and oxygen atoms in total. The maximum Gasteiger partial charge on any atom is -0.00137 e. The van der Waals surface area contributed by atoms with Crippen LogP contribution in [0.1, 0.15) is 0 Å². The van der Waals surface area contributed by atoms with Crippen LogP contribution in [0, 0.1) is 0 Å². The Labute approximate surface area is 278 Å². The van der Waals surface area contributed by atoms with E-state index in [0.717, 1.165) is 0 Å². The Hall–Kier alpha value is -6.24. The molecule has 11 rings (SSSR count). The predicted molar refractivity (Wildman–Crippen MR) is 206 cm³/mol. The van der Waals surface area contributed by atoms with Crippen molar-refractivity contribution in [2.75, 3.05) is 0 Å². The molecule has 10 aromatic carbocycles. The Bertz CT molecular complexity index is 2900. The molecule has 0 amide bonds. The zero-order valence-electron chi connectivity index (χ0n) is 26.2. The van der Waals surface area contributed by atoms with Gasteiger partial charge in [0.25, 0.3) is 0 Å². The molecule has 0 bridgehead atoms. The first kappa shape index (κ1) is 25.9. The van der Waals surface area contributed by atoms with Gasteiger partial charge < -0.3 is 0 Å². The van der Waals surface area contributed by atoms with Gasteiger partial charge in [-0.2, -0.15) is 0 Å². The van der Waals surface area contributed by atoms with Crippen LogP contribution in [-0.4, -0.2) is 0 Å². The molecule has 0 N–H and O–H groups in total. The molecule has 0 radical (unpaired) electrons. The molecule has 0 unspecified atom stereocenters. The quantitative estimate of drug-likeness (QED) is 0.139. The van der Waals surface area contributed by atoms with Crippen LogP contribution < -0.4 is 0 Å². The molecule has 220 valence electrons. The largest absolute Gasteiger partial charge is 0.0622 e. The van der Waals surface area contributed by atoms with Crippen LogP contribution in [0.4, 0.5) is 0 Å². The molecule has 0 aliphatic heterocycles. The van der Waals surface area contributed by atoms with E-state index in [9.17, 15) is 0 Å². The first-order chi connectivity index (χ1) is 23.8. The molecule has 0 saturated carbocycles. The van der Waals surface area contributed by atoms with Crippen molar-refractivity contribution in [3.63, 3.8) is 0 Å². The van der Waals surface area contributed by atoms with Crippen LogP contribution in [0.25, 0.3) is 109 Å². The predicted octanol–water partition coefficient (Wildman–Crippen LogP) is 13.5. The lowest BCUT2D eigenvalue weighted by atomic mass is 9.83. The zero-order chi connectivity index (χ0) is 31.3. The summed E-state index contributed by atoms with van der Waals surface area (Å²) in [5.74, 6) is 0. The summed E-state index contributed by atoms with van der Waals surface area (Å²) in [5.41, 5.74) is 12.9. The highest BCUT2D eigenvalue weighted by molar-refractivity contribution is 6.33. The van der Waals surface area contributed by atoms with Crippen molar-refractivity contribution in [3.8, 4) is 55.6 Å². The molecule has 10 aromatic rings. The molecule has 48 heavy (non-hydrogen) atoms. The second-order valence-electron chi connectivity index (χ2n) is 13.2. The van der Waals surface area contributed by atoms with Gasteiger partial charge in [-0.05, 0) is 134 Å². The summed E-state index contributed by atoms with van der Waals surface area (Å²) >= 11 is 0. The second kappa shape index (κ2) is 9.64. The first-order valence-electron chi connectivity index (χ1n) is 16.8. The molecule has 0 heteroatoms. The van der Waals surface area contributed by atoms with Crippen molar-refractivity contribution in [3.05, 3.63) is 170 Å². The highest BCUT2D eigenvalue weighted by Gasteiger charge is 2.27. The Morgan fingerprint density at radius 2 is 0.771 bits per heavy atom. The van der Waals surface area contributed by atoms with Gasteiger partial charge in [0, 0.05) is 0 Å². The van der Waals surface area contributed by atoms with Gasteiger partial charge in [-0.25, -0.2) is 0 Å². The molecule has 0 fully saturated rings. The molecule has 0 heterocycles. The molecule has 0 aromatic heterocycles. The third kappa shape index (κ3) is 3.49. The fourth-order valence-corrected chi connectivity index (χ4v) is 8.65. The van der Waals surface area contributed by atoms with Crippen LogP contribution in [0.3, 0.4) is 0 Å². The van der Waals surface area contributed by atoms with Crippen LogP contribution in [0.2, 0.25) is 0 Å². The Balaban J connectivity index is 1.34. The van der Waals surface area contributed by atoms with E-state index >= 15 is 0 Å². The van der Waals surface area contributed by atoms with Crippen LogP contribution in [-0.2, 0) is 0 Å². The van der Waals surface area contributed by atoms with Crippen molar-refractivity contribution in [1.82, 2.24) is 0 Å². The van der Waals surface area contributed by atoms with E-state index < -0.39 is 0 Å². The van der Waals surface area contributed by atoms with E-state index in [4.69, 9.17) is 0 Å². The molecular formula is C48H28. The van der Waals surface area contributed by atoms with Crippen molar-refractivity contribution < 1.29 is 0 Å². The van der Waals surface area contributed by atoms with E-state index in [-0.39, 0.29) is 0 Å². The minimum absolute atomic E-state index is 1.23. The molecule has 0 atom stereocenters. The molecule has 0 saturated heterocycles. The minimum atomic E-state index is 1.23. The van der Waals surface area contributed by atoms with Crippen molar-refractivity contribution in [2.24, 2.45) is 0 Å². The van der Waals surface area contributed by atoms with Gasteiger partial charge in [0.05, 0.1) is 0 Å². The summed E-state index contributed by atoms with van der Waals surface area (Å²) in [4.78, 5) is 0. The van der Waals surface area contributed by atoms with Crippen LogP contribution in [0.5, 0.6) is 0 Å². The van der Waals surface area contributed by atoms with E-state index in [1.165, 1.54) is 109 Å². The van der Waals surface area contributed by atoms with Gasteiger partial charge in [-0.1, -0.05) is 146 Å². The highest BCUT2D eigenvalue weighted by atomic mass is 14.3. The van der Waals surface area contributed by atoms with Gasteiger partial charge in [-0.15, -0.1) is 0 Å². The lowest BCUT2D eigenvalue weighted by Gasteiger charge is -2.20. The van der Waals surface area contributed by atoms with Crippen LogP contribution >= 0.6 is 0 Å². The zero-order valence-corrected chi connectivity index (χ0v) is 26.2. The Kier molecular flexibility index (Phi) is 5.20. The van der Waals surface area contributed by atoms with E-state index in [1.807, 2.05) is 0 Å². The monoisotopic (exact) mass is 604 g/mol. The van der Waals surface area contributed by atoms with Gasteiger partial charge in [-0.3, -0.25) is 0 Å². The average molecular weight is 605 g/mol. The molecule has 0 spiro atoms. The number of fused-ring (bicyclic) bond motifs is 5. The van der Waals surface area contributed by atoms with E-state index in [2.05, 4.69) is 170 Å². The summed E-state index contributed by atoms with van der Waals surface area (Å²) in [6, 6.07) is 63.2. The van der Waals surface area contributed by atoms with E-state index in [0.29, 0.717) is 0 Å². The smallest absolute Gasteiger partial charge is 0.00137 e. The Morgan fingerprint density at radius 1 is 0.229 bits per heavy atom. The topological polar surface area (TPSA) is 0 Å². The normalized spacial score (nSPS) is 12.2. The van der Waals surface area contributed by atoms with Gasteiger partial charge in [0.1, 0.15) is 0 Å². The summed E-state index contributed by atoms with van der Waals surface area (Å²) < 4.78 is 0. The highest BCUT2D eigenvalue weighted by Crippen LogP contribution is 2.55. The standard InChI is InChI=1S/C48H28/c1-4-11-29(12-5-1)34-22-24-37-40(25-34)46(31-15-8-3-9-16-31)43-28-39-38(27-42(43)45(37)30-13-6-2-7-14-30)36-23-21-33-20-19-32-17-10-18-35-26-41(39)48(36)47(33)44(32)35/h1-28H. The molecule has 1 aliphatic rings. The lowest BCUT2D eigenvalue weighted by Crippen LogP contribution is -1.93. The Morgan fingerprint density at radius 3 is 1.46 bits per heavy atom. The van der Waals surface area contributed by atoms with Crippen molar-refractivity contribution in [2.45, 2.75) is 0 Å². The van der Waals surface area contributed by atoms with Crippen molar-refractivity contribution >= 4 is 53.9 Å². The minimum Gasteiger partial charge on any atom is -0.0622 e. The van der Waals surface area contributed by atoms with Gasteiger partial charge in [0.2, 0.25) is 0 Å². The fraction of sp³-hybridized carbons (Fsp3) is 0. The summed E-state index contributed by atoms with van der Waals surface area (Å²) in [7, 11) is 0. The number of rotatable bonds is 3. The summed E-state index contributed by atoms with van der Waals surface area (Å²) in [6.45, 7) is 0. The van der Waals surface area contributed by atoms with Crippen LogP contribution in [0.15, 0.2) is 170 Å². The average Bonchev–Trinajstić information content (AvgIpc) is 3.46. The number of benzene rings is 10. The number of hydrogen-bond acceptors (Lipinski definition) is 0. The third-order valence-corrected chi connectivity index (χ3v) is 10.7. The number of hydrogen-bond donors (Lipinski definition) is 0.